The van der Waals surface area contributed by atoms with E-state index in [2.05, 4.69) is 0 Å². The fourth-order valence-electron chi connectivity index (χ4n) is 1.90. The minimum Gasteiger partial charge on any atom is -0.508 e. The van der Waals surface area contributed by atoms with Gasteiger partial charge in [-0.1, -0.05) is 30.3 Å². The molecule has 0 heterocycles. The van der Waals surface area contributed by atoms with Gasteiger partial charge < -0.3 is 14.7 Å². The van der Waals surface area contributed by atoms with Crippen LogP contribution in [0, 0.1) is 0 Å². The molecule has 2 aromatic rings. The van der Waals surface area contributed by atoms with E-state index >= 15 is 0 Å². The molecule has 0 aromatic heterocycles. The van der Waals surface area contributed by atoms with E-state index in [1.807, 2.05) is 30.3 Å². The average Bonchev–Trinajstić information content (AvgIpc) is 2.47. The molecule has 110 valence electrons. The van der Waals surface area contributed by atoms with Crippen molar-refractivity contribution < 1.29 is 14.6 Å². The van der Waals surface area contributed by atoms with E-state index in [1.165, 1.54) is 4.90 Å². The van der Waals surface area contributed by atoms with E-state index in [0.29, 0.717) is 17.9 Å². The van der Waals surface area contributed by atoms with Gasteiger partial charge in [0.1, 0.15) is 18.1 Å². The highest BCUT2D eigenvalue weighted by Crippen LogP contribution is 2.25. The minimum absolute atomic E-state index is 0.0369. The van der Waals surface area contributed by atoms with Crippen LogP contribution >= 0.6 is 0 Å². The second-order valence-corrected chi connectivity index (χ2v) is 5.03. The Morgan fingerprint density at radius 3 is 2.52 bits per heavy atom. The third kappa shape index (κ3) is 4.24. The number of hydrogen-bond acceptors (Lipinski definition) is 3. The lowest BCUT2D eigenvalue weighted by Crippen LogP contribution is -2.23. The number of likely N-dealkylation sites (N-methyl/N-ethyl adjacent to an activating group) is 1. The predicted octanol–water partition coefficient (Wildman–Crippen LogP) is 2.60. The molecule has 0 radical (unpaired) electrons. The van der Waals surface area contributed by atoms with E-state index in [9.17, 15) is 9.90 Å². The standard InChI is InChI=1S/C17H19NO3/c1-18(2)17(20)11-14-10-15(19)8-9-16(14)21-12-13-6-4-3-5-7-13/h3-10,19H,11-12H2,1-2H3. The highest BCUT2D eigenvalue weighted by atomic mass is 16.5. The van der Waals surface area contributed by atoms with Crippen LogP contribution < -0.4 is 4.74 Å². The summed E-state index contributed by atoms with van der Waals surface area (Å²) in [6.07, 6.45) is 0.200. The monoisotopic (exact) mass is 285 g/mol. The van der Waals surface area contributed by atoms with Crippen molar-refractivity contribution in [2.75, 3.05) is 14.1 Å². The number of amides is 1. The number of nitrogens with zero attached hydrogens (tertiary/aromatic N) is 1. The zero-order valence-electron chi connectivity index (χ0n) is 12.2. The largest absolute Gasteiger partial charge is 0.508 e. The molecule has 2 aromatic carbocycles. The number of carbonyl (C=O) groups excluding carboxylic acids is 1. The summed E-state index contributed by atoms with van der Waals surface area (Å²) in [5.41, 5.74) is 1.74. The number of phenols is 1. The van der Waals surface area contributed by atoms with Crippen molar-refractivity contribution in [2.24, 2.45) is 0 Å². The van der Waals surface area contributed by atoms with E-state index in [1.54, 1.807) is 32.3 Å². The Balaban J connectivity index is 2.13. The van der Waals surface area contributed by atoms with Crippen LogP contribution in [0.15, 0.2) is 48.5 Å². The van der Waals surface area contributed by atoms with Crippen molar-refractivity contribution in [2.45, 2.75) is 13.0 Å². The predicted molar refractivity (Wildman–Crippen MR) is 81.3 cm³/mol. The molecule has 0 spiro atoms. The molecular formula is C17H19NO3. The average molecular weight is 285 g/mol. The van der Waals surface area contributed by atoms with E-state index in [0.717, 1.165) is 5.56 Å². The Morgan fingerprint density at radius 2 is 1.86 bits per heavy atom. The first-order chi connectivity index (χ1) is 10.1. The zero-order valence-corrected chi connectivity index (χ0v) is 12.2. The normalized spacial score (nSPS) is 10.2. The second-order valence-electron chi connectivity index (χ2n) is 5.03. The van der Waals surface area contributed by atoms with Gasteiger partial charge in [-0.2, -0.15) is 0 Å². The summed E-state index contributed by atoms with van der Waals surface area (Å²) < 4.78 is 5.78. The van der Waals surface area contributed by atoms with Crippen LogP contribution in [0.2, 0.25) is 0 Å². The Kier molecular flexibility index (Phi) is 4.82. The second kappa shape index (κ2) is 6.79. The third-order valence-electron chi connectivity index (χ3n) is 3.12. The smallest absolute Gasteiger partial charge is 0.226 e. The van der Waals surface area contributed by atoms with Crippen molar-refractivity contribution in [1.29, 1.82) is 0 Å². The SMILES string of the molecule is CN(C)C(=O)Cc1cc(O)ccc1OCc1ccccc1. The van der Waals surface area contributed by atoms with Crippen molar-refractivity contribution in [3.63, 3.8) is 0 Å². The Morgan fingerprint density at radius 1 is 1.14 bits per heavy atom. The maximum absolute atomic E-state index is 11.8. The summed E-state index contributed by atoms with van der Waals surface area (Å²) in [5, 5.41) is 9.59. The lowest BCUT2D eigenvalue weighted by molar-refractivity contribution is -0.127. The molecule has 0 atom stereocenters. The molecule has 1 amide bonds. The summed E-state index contributed by atoms with van der Waals surface area (Å²) in [7, 11) is 3.41. The first-order valence-corrected chi connectivity index (χ1v) is 6.75. The summed E-state index contributed by atoms with van der Waals surface area (Å²) in [6.45, 7) is 0.425. The summed E-state index contributed by atoms with van der Waals surface area (Å²) in [5.74, 6) is 0.709. The van der Waals surface area contributed by atoms with Crippen LogP contribution in [0.25, 0.3) is 0 Å². The lowest BCUT2D eigenvalue weighted by atomic mass is 10.1. The number of hydrogen-bond donors (Lipinski definition) is 1. The van der Waals surface area contributed by atoms with Gasteiger partial charge in [0.25, 0.3) is 0 Å². The fourth-order valence-corrected chi connectivity index (χ4v) is 1.90. The molecule has 0 unspecified atom stereocenters. The molecule has 0 saturated carbocycles. The number of phenolic OH excluding ortho intramolecular Hbond substituents is 1. The molecule has 0 fully saturated rings. The highest BCUT2D eigenvalue weighted by Gasteiger charge is 2.12. The van der Waals surface area contributed by atoms with Gasteiger partial charge in [-0.25, -0.2) is 0 Å². The lowest BCUT2D eigenvalue weighted by Gasteiger charge is -2.14. The van der Waals surface area contributed by atoms with Gasteiger partial charge in [-0.15, -0.1) is 0 Å². The van der Waals surface area contributed by atoms with Gasteiger partial charge in [-0.3, -0.25) is 4.79 Å². The van der Waals surface area contributed by atoms with Gasteiger partial charge in [-0.05, 0) is 23.8 Å². The molecule has 21 heavy (non-hydrogen) atoms. The van der Waals surface area contributed by atoms with Crippen LogP contribution in [0.1, 0.15) is 11.1 Å². The maximum atomic E-state index is 11.8. The van der Waals surface area contributed by atoms with Crippen LogP contribution in [-0.4, -0.2) is 30.0 Å². The zero-order chi connectivity index (χ0) is 15.2. The van der Waals surface area contributed by atoms with Gasteiger partial charge in [0, 0.05) is 19.7 Å². The topological polar surface area (TPSA) is 49.8 Å². The quantitative estimate of drug-likeness (QED) is 0.918. The molecule has 4 heteroatoms. The molecular weight excluding hydrogens is 266 g/mol. The molecule has 0 aliphatic carbocycles. The van der Waals surface area contributed by atoms with Crippen LogP contribution in [0.3, 0.4) is 0 Å². The maximum Gasteiger partial charge on any atom is 0.226 e. The first kappa shape index (κ1) is 14.9. The summed E-state index contributed by atoms with van der Waals surface area (Å²) >= 11 is 0. The van der Waals surface area contributed by atoms with Crippen LogP contribution in [0.4, 0.5) is 0 Å². The van der Waals surface area contributed by atoms with Gasteiger partial charge in [0.2, 0.25) is 5.91 Å². The molecule has 1 N–H and O–H groups in total. The van der Waals surface area contributed by atoms with Crippen molar-refractivity contribution in [3.05, 3.63) is 59.7 Å². The first-order valence-electron chi connectivity index (χ1n) is 6.75. The van der Waals surface area contributed by atoms with E-state index in [4.69, 9.17) is 4.74 Å². The van der Waals surface area contributed by atoms with Gasteiger partial charge in [0.15, 0.2) is 0 Å². The third-order valence-corrected chi connectivity index (χ3v) is 3.12. The van der Waals surface area contributed by atoms with Crippen LogP contribution in [-0.2, 0) is 17.8 Å². The van der Waals surface area contributed by atoms with Crippen molar-refractivity contribution in [1.82, 2.24) is 4.90 Å². The molecule has 0 saturated heterocycles. The van der Waals surface area contributed by atoms with Crippen molar-refractivity contribution >= 4 is 5.91 Å². The van der Waals surface area contributed by atoms with Gasteiger partial charge in [0.05, 0.1) is 6.42 Å². The Hall–Kier alpha value is -2.49. The number of rotatable bonds is 5. The number of carbonyl (C=O) groups is 1. The highest BCUT2D eigenvalue weighted by molar-refractivity contribution is 5.79. The molecule has 0 aliphatic rings. The van der Waals surface area contributed by atoms with E-state index in [-0.39, 0.29) is 18.1 Å². The Bertz CT molecular complexity index is 609. The number of ether oxygens (including phenoxy) is 1. The van der Waals surface area contributed by atoms with Crippen LogP contribution in [0.5, 0.6) is 11.5 Å². The van der Waals surface area contributed by atoms with Crippen molar-refractivity contribution in [3.8, 4) is 11.5 Å². The Labute approximate surface area is 124 Å². The molecule has 0 bridgehead atoms. The number of benzene rings is 2. The fraction of sp³-hybridized carbons (Fsp3) is 0.235. The van der Waals surface area contributed by atoms with E-state index < -0.39 is 0 Å². The minimum atomic E-state index is -0.0369. The summed E-state index contributed by atoms with van der Waals surface area (Å²) in [6, 6.07) is 14.6. The molecule has 4 nitrogen and oxygen atoms in total. The molecule has 2 rings (SSSR count). The molecule has 0 aliphatic heterocycles. The number of aromatic hydroxyl groups is 1. The summed E-state index contributed by atoms with van der Waals surface area (Å²) in [4.78, 5) is 13.4. The van der Waals surface area contributed by atoms with Gasteiger partial charge >= 0.3 is 0 Å².